The molecule has 1 fully saturated rings. The minimum atomic E-state index is -0.0462. The average molecular weight is 177 g/mol. The molecule has 0 aliphatic heterocycles. The fourth-order valence-electron chi connectivity index (χ4n) is 1.63. The summed E-state index contributed by atoms with van der Waals surface area (Å²) in [6, 6.07) is 6.01. The van der Waals surface area contributed by atoms with Crippen molar-refractivity contribution in [3.8, 4) is 0 Å². The third-order valence-electron chi connectivity index (χ3n) is 2.30. The topological polar surface area (TPSA) is 22.1 Å². The minimum Gasteiger partial charge on any atom is -0.366 e. The third-order valence-corrected chi connectivity index (χ3v) is 2.30. The Balaban J connectivity index is 2.16. The zero-order valence-electron chi connectivity index (χ0n) is 8.16. The quantitative estimate of drug-likeness (QED) is 0.707. The summed E-state index contributed by atoms with van der Waals surface area (Å²) >= 11 is 0. The van der Waals surface area contributed by atoms with Gasteiger partial charge in [0.25, 0.3) is 0 Å². The molecule has 1 heterocycles. The second-order valence-electron chi connectivity index (χ2n) is 3.88. The summed E-state index contributed by atoms with van der Waals surface area (Å²) in [7, 11) is 0. The Morgan fingerprint density at radius 2 is 2.15 bits per heavy atom. The lowest BCUT2D eigenvalue weighted by Crippen LogP contribution is -2.18. The molecule has 1 saturated carbocycles. The lowest BCUT2D eigenvalue weighted by atomic mass is 10.2. The van der Waals surface area contributed by atoms with E-state index in [1.165, 1.54) is 0 Å². The van der Waals surface area contributed by atoms with E-state index in [1.54, 1.807) is 0 Å². The van der Waals surface area contributed by atoms with Crippen molar-refractivity contribution in [1.29, 1.82) is 0 Å². The first-order chi connectivity index (χ1) is 6.23. The Morgan fingerprint density at radius 3 is 2.62 bits per heavy atom. The molecule has 13 heavy (non-hydrogen) atoms. The van der Waals surface area contributed by atoms with Gasteiger partial charge < -0.3 is 4.74 Å². The van der Waals surface area contributed by atoms with E-state index in [4.69, 9.17) is 4.74 Å². The lowest BCUT2D eigenvalue weighted by Gasteiger charge is -2.18. The molecule has 0 unspecified atom stereocenters. The largest absolute Gasteiger partial charge is 0.366 e. The predicted molar refractivity (Wildman–Crippen MR) is 51.4 cm³/mol. The van der Waals surface area contributed by atoms with E-state index >= 15 is 0 Å². The van der Waals surface area contributed by atoms with E-state index in [1.807, 2.05) is 18.3 Å². The Hall–Kier alpha value is -0.890. The first kappa shape index (κ1) is 8.70. The molecule has 2 heteroatoms. The molecular weight excluding hydrogens is 162 g/mol. The van der Waals surface area contributed by atoms with Crippen molar-refractivity contribution in [2.45, 2.75) is 38.4 Å². The lowest BCUT2D eigenvalue weighted by molar-refractivity contribution is -0.0168. The second kappa shape index (κ2) is 3.11. The van der Waals surface area contributed by atoms with Gasteiger partial charge in [0.15, 0.2) is 0 Å². The summed E-state index contributed by atoms with van der Waals surface area (Å²) in [6.45, 7) is 4.14. The number of hydrogen-bond donors (Lipinski definition) is 0. The van der Waals surface area contributed by atoms with Crippen LogP contribution in [0.3, 0.4) is 0 Å². The first-order valence-electron chi connectivity index (χ1n) is 4.82. The fourth-order valence-corrected chi connectivity index (χ4v) is 1.63. The SMILES string of the molecule is CC(C)OC1(c2ccccn2)CC1. The van der Waals surface area contributed by atoms with Gasteiger partial charge in [0.05, 0.1) is 11.8 Å². The number of ether oxygens (including phenoxy) is 1. The van der Waals surface area contributed by atoms with Crippen molar-refractivity contribution in [3.63, 3.8) is 0 Å². The molecule has 0 radical (unpaired) electrons. The summed E-state index contributed by atoms with van der Waals surface area (Å²) in [5.74, 6) is 0. The molecule has 0 aromatic carbocycles. The van der Waals surface area contributed by atoms with Gasteiger partial charge in [0, 0.05) is 6.20 Å². The van der Waals surface area contributed by atoms with Crippen LogP contribution in [0.15, 0.2) is 24.4 Å². The number of hydrogen-bond acceptors (Lipinski definition) is 2. The van der Waals surface area contributed by atoms with E-state index < -0.39 is 0 Å². The van der Waals surface area contributed by atoms with Crippen LogP contribution in [0.1, 0.15) is 32.4 Å². The minimum absolute atomic E-state index is 0.0462. The molecule has 0 amide bonds. The smallest absolute Gasteiger partial charge is 0.111 e. The van der Waals surface area contributed by atoms with Crippen molar-refractivity contribution >= 4 is 0 Å². The van der Waals surface area contributed by atoms with Gasteiger partial charge >= 0.3 is 0 Å². The molecule has 1 aliphatic carbocycles. The highest BCUT2D eigenvalue weighted by atomic mass is 16.5. The van der Waals surface area contributed by atoms with E-state index in [9.17, 15) is 0 Å². The standard InChI is InChI=1S/C11H15NO/c1-9(2)13-11(6-7-11)10-5-3-4-8-12-10/h3-5,8-9H,6-7H2,1-2H3. The summed E-state index contributed by atoms with van der Waals surface area (Å²) in [4.78, 5) is 4.34. The van der Waals surface area contributed by atoms with Crippen LogP contribution < -0.4 is 0 Å². The Labute approximate surface area is 78.9 Å². The van der Waals surface area contributed by atoms with E-state index in [0.29, 0.717) is 0 Å². The normalized spacial score (nSPS) is 19.0. The van der Waals surface area contributed by atoms with Crippen molar-refractivity contribution in [3.05, 3.63) is 30.1 Å². The zero-order chi connectivity index (χ0) is 9.31. The summed E-state index contributed by atoms with van der Waals surface area (Å²) in [5, 5.41) is 0. The van der Waals surface area contributed by atoms with Gasteiger partial charge in [-0.05, 0) is 38.8 Å². The van der Waals surface area contributed by atoms with Gasteiger partial charge in [0.1, 0.15) is 5.60 Å². The van der Waals surface area contributed by atoms with Crippen LogP contribution in [0.4, 0.5) is 0 Å². The van der Waals surface area contributed by atoms with Crippen molar-refractivity contribution in [1.82, 2.24) is 4.98 Å². The van der Waals surface area contributed by atoms with Gasteiger partial charge in [-0.3, -0.25) is 4.98 Å². The maximum atomic E-state index is 5.87. The molecular formula is C11H15NO. The van der Waals surface area contributed by atoms with Crippen molar-refractivity contribution in [2.24, 2.45) is 0 Å². The third kappa shape index (κ3) is 1.73. The van der Waals surface area contributed by atoms with Crippen molar-refractivity contribution in [2.75, 3.05) is 0 Å². The summed E-state index contributed by atoms with van der Waals surface area (Å²) in [5.41, 5.74) is 1.04. The van der Waals surface area contributed by atoms with Crippen LogP contribution in [0, 0.1) is 0 Å². The molecule has 1 aromatic heterocycles. The molecule has 0 N–H and O–H groups in total. The van der Waals surface area contributed by atoms with Crippen LogP contribution in [0.2, 0.25) is 0 Å². The molecule has 0 spiro atoms. The van der Waals surface area contributed by atoms with Gasteiger partial charge in [0.2, 0.25) is 0 Å². The first-order valence-corrected chi connectivity index (χ1v) is 4.82. The van der Waals surface area contributed by atoms with Crippen LogP contribution in [0.25, 0.3) is 0 Å². The van der Waals surface area contributed by atoms with Gasteiger partial charge in [-0.25, -0.2) is 0 Å². The van der Waals surface area contributed by atoms with Gasteiger partial charge in [-0.2, -0.15) is 0 Å². The van der Waals surface area contributed by atoms with Crippen LogP contribution in [-0.2, 0) is 10.3 Å². The number of aromatic nitrogens is 1. The Bertz CT molecular complexity index is 277. The molecule has 0 atom stereocenters. The fraction of sp³-hybridized carbons (Fsp3) is 0.545. The number of pyridine rings is 1. The maximum Gasteiger partial charge on any atom is 0.111 e. The zero-order valence-corrected chi connectivity index (χ0v) is 8.16. The van der Waals surface area contributed by atoms with E-state index in [0.717, 1.165) is 18.5 Å². The highest BCUT2D eigenvalue weighted by Crippen LogP contribution is 2.48. The summed E-state index contributed by atoms with van der Waals surface area (Å²) < 4.78 is 5.87. The highest BCUT2D eigenvalue weighted by molar-refractivity contribution is 5.20. The van der Waals surface area contributed by atoms with E-state index in [2.05, 4.69) is 24.9 Å². The molecule has 1 aliphatic rings. The molecule has 1 aromatic rings. The van der Waals surface area contributed by atoms with E-state index in [-0.39, 0.29) is 11.7 Å². The summed E-state index contributed by atoms with van der Waals surface area (Å²) in [6.07, 6.45) is 4.34. The van der Waals surface area contributed by atoms with Gasteiger partial charge in [-0.15, -0.1) is 0 Å². The maximum absolute atomic E-state index is 5.87. The highest BCUT2D eigenvalue weighted by Gasteiger charge is 2.47. The molecule has 0 saturated heterocycles. The Kier molecular flexibility index (Phi) is 2.08. The Morgan fingerprint density at radius 1 is 1.38 bits per heavy atom. The van der Waals surface area contributed by atoms with Gasteiger partial charge in [-0.1, -0.05) is 6.07 Å². The van der Waals surface area contributed by atoms with Crippen molar-refractivity contribution < 1.29 is 4.74 Å². The van der Waals surface area contributed by atoms with Crippen LogP contribution in [0.5, 0.6) is 0 Å². The molecule has 2 nitrogen and oxygen atoms in total. The van der Waals surface area contributed by atoms with Crippen LogP contribution >= 0.6 is 0 Å². The number of rotatable bonds is 3. The monoisotopic (exact) mass is 177 g/mol. The molecule has 0 bridgehead atoms. The number of nitrogens with zero attached hydrogens (tertiary/aromatic N) is 1. The predicted octanol–water partition coefficient (Wildman–Crippen LogP) is 2.50. The van der Waals surface area contributed by atoms with Crippen LogP contribution in [-0.4, -0.2) is 11.1 Å². The molecule has 2 rings (SSSR count). The average Bonchev–Trinajstić information content (AvgIpc) is 2.86. The molecule has 70 valence electrons. The second-order valence-corrected chi connectivity index (χ2v) is 3.88.